The Bertz CT molecular complexity index is 1050. The second-order valence-electron chi connectivity index (χ2n) is 10.3. The highest BCUT2D eigenvalue weighted by molar-refractivity contribution is 6.22. The molecule has 0 radical (unpaired) electrons. The van der Waals surface area contributed by atoms with E-state index in [0.717, 1.165) is 27.7 Å². The van der Waals surface area contributed by atoms with Crippen LogP contribution in [-0.2, 0) is 66.6 Å². The molecule has 0 spiro atoms. The Hall–Kier alpha value is -2.56. The molecular formula is C25H33ClO15. The van der Waals surface area contributed by atoms with E-state index in [0.29, 0.717) is 0 Å². The highest BCUT2D eigenvalue weighted by atomic mass is 35.5. The molecule has 12 atom stereocenters. The smallest absolute Gasteiger partial charge is 0.303 e. The van der Waals surface area contributed by atoms with Gasteiger partial charge in [0.05, 0.1) is 6.61 Å². The number of fused-ring (bicyclic) bond motifs is 2. The minimum absolute atomic E-state index is 0.229. The summed E-state index contributed by atoms with van der Waals surface area (Å²) in [5, 5.41) is 10.6. The van der Waals surface area contributed by atoms with Crippen LogP contribution in [0.1, 0.15) is 41.0 Å². The van der Waals surface area contributed by atoms with Crippen LogP contribution in [0.5, 0.6) is 0 Å². The number of ether oxygens (including phenoxy) is 9. The number of halogens is 1. The molecule has 0 aromatic carbocycles. The van der Waals surface area contributed by atoms with Crippen molar-refractivity contribution in [2.45, 2.75) is 101 Å². The lowest BCUT2D eigenvalue weighted by Crippen LogP contribution is -2.64. The van der Waals surface area contributed by atoms with Crippen molar-refractivity contribution in [2.75, 3.05) is 13.2 Å². The van der Waals surface area contributed by atoms with Crippen LogP contribution < -0.4 is 0 Å². The maximum Gasteiger partial charge on any atom is 0.303 e. The molecule has 0 amide bonds. The molecular weight excluding hydrogens is 576 g/mol. The van der Waals surface area contributed by atoms with Crippen LogP contribution in [0.2, 0.25) is 0 Å². The fraction of sp³-hybridized carbons (Fsp3) is 0.800. The molecule has 5 rings (SSSR count). The first-order valence-corrected chi connectivity index (χ1v) is 13.4. The number of esters is 5. The highest BCUT2D eigenvalue weighted by Gasteiger charge is 2.69. The van der Waals surface area contributed by atoms with Gasteiger partial charge in [-0.25, -0.2) is 0 Å². The summed E-state index contributed by atoms with van der Waals surface area (Å²) in [6.45, 7) is 4.96. The number of hydrogen-bond donors (Lipinski definition) is 1. The number of alkyl halides is 1. The second-order valence-corrected chi connectivity index (χ2v) is 10.8. The Balaban J connectivity index is 1.69. The summed E-state index contributed by atoms with van der Waals surface area (Å²) in [5.41, 5.74) is -1.76. The van der Waals surface area contributed by atoms with Gasteiger partial charge < -0.3 is 47.7 Å². The molecule has 4 heterocycles. The van der Waals surface area contributed by atoms with E-state index in [-0.39, 0.29) is 13.0 Å². The molecule has 5 fully saturated rings. The zero-order valence-corrected chi connectivity index (χ0v) is 23.8. The van der Waals surface area contributed by atoms with Crippen molar-refractivity contribution in [2.24, 2.45) is 11.8 Å². The van der Waals surface area contributed by atoms with Gasteiger partial charge in [0.1, 0.15) is 29.8 Å². The van der Waals surface area contributed by atoms with E-state index in [2.05, 4.69) is 0 Å². The molecule has 0 aromatic heterocycles. The normalized spacial score (nSPS) is 41.1. The SMILES string of the molecule is CC(=O)OC[C@H]1O[C@@H](O[C@@H]2O[C@@H]3C[C@H]4[C@H](OC(C)=O)[C@@H](Cl)[C@@](O)(CO3)[C@H]24)[C@H](OC(C)=O)[C@@H](OC(C)=O)[C@@H]1OC(C)=O. The Morgan fingerprint density at radius 2 is 1.34 bits per heavy atom. The molecule has 1 N–H and O–H groups in total. The molecule has 4 bridgehead atoms. The van der Waals surface area contributed by atoms with Gasteiger partial charge >= 0.3 is 29.8 Å². The topological polar surface area (TPSA) is 189 Å². The van der Waals surface area contributed by atoms with Crippen LogP contribution in [0.3, 0.4) is 0 Å². The minimum Gasteiger partial charge on any atom is -0.463 e. The van der Waals surface area contributed by atoms with Gasteiger partial charge in [-0.1, -0.05) is 0 Å². The summed E-state index contributed by atoms with van der Waals surface area (Å²) < 4.78 is 50.6. The number of rotatable bonds is 8. The predicted molar refractivity (Wildman–Crippen MR) is 129 cm³/mol. The molecule has 0 aromatic rings. The lowest BCUT2D eigenvalue weighted by molar-refractivity contribution is -0.371. The Morgan fingerprint density at radius 3 is 1.93 bits per heavy atom. The van der Waals surface area contributed by atoms with Gasteiger partial charge in [0, 0.05) is 52.9 Å². The summed E-state index contributed by atoms with van der Waals surface area (Å²) in [5.74, 6) is -5.13. The van der Waals surface area contributed by atoms with E-state index in [1.807, 2.05) is 0 Å². The van der Waals surface area contributed by atoms with Crippen LogP contribution in [-0.4, -0.2) is 109 Å². The van der Waals surface area contributed by atoms with Gasteiger partial charge in [-0.3, -0.25) is 24.0 Å². The van der Waals surface area contributed by atoms with Gasteiger partial charge in [-0.2, -0.15) is 0 Å². The number of hydrogen-bond acceptors (Lipinski definition) is 15. The van der Waals surface area contributed by atoms with Crippen LogP contribution in [0, 0.1) is 11.8 Å². The fourth-order valence-corrected chi connectivity index (χ4v) is 6.33. The summed E-state index contributed by atoms with van der Waals surface area (Å²) in [6, 6.07) is 0. The summed E-state index contributed by atoms with van der Waals surface area (Å²) >= 11 is 6.60. The maximum absolute atomic E-state index is 12.1. The van der Waals surface area contributed by atoms with Gasteiger partial charge in [0.25, 0.3) is 0 Å². The molecule has 4 aliphatic heterocycles. The second kappa shape index (κ2) is 12.4. The minimum atomic E-state index is -1.76. The van der Waals surface area contributed by atoms with Gasteiger partial charge in [-0.15, -0.1) is 11.6 Å². The van der Waals surface area contributed by atoms with Crippen molar-refractivity contribution < 1.29 is 71.7 Å². The van der Waals surface area contributed by atoms with Gasteiger partial charge in [0.2, 0.25) is 6.29 Å². The quantitative estimate of drug-likeness (QED) is 0.215. The van der Waals surface area contributed by atoms with E-state index in [1.54, 1.807) is 0 Å². The zero-order valence-electron chi connectivity index (χ0n) is 23.0. The lowest BCUT2D eigenvalue weighted by atomic mass is 9.83. The van der Waals surface area contributed by atoms with Gasteiger partial charge in [0.15, 0.2) is 30.9 Å². The third-order valence-corrected chi connectivity index (χ3v) is 7.92. The largest absolute Gasteiger partial charge is 0.463 e. The molecule has 1 aliphatic carbocycles. The molecule has 5 aliphatic rings. The summed E-state index contributed by atoms with van der Waals surface area (Å²) in [6.07, 6.45) is -10.0. The third kappa shape index (κ3) is 6.60. The predicted octanol–water partition coefficient (Wildman–Crippen LogP) is -0.295. The van der Waals surface area contributed by atoms with Crippen molar-refractivity contribution in [3.63, 3.8) is 0 Å². The van der Waals surface area contributed by atoms with E-state index in [1.165, 1.54) is 6.92 Å². The van der Waals surface area contributed by atoms with Crippen molar-refractivity contribution in [1.82, 2.24) is 0 Å². The van der Waals surface area contributed by atoms with Crippen LogP contribution in [0.4, 0.5) is 0 Å². The van der Waals surface area contributed by atoms with E-state index >= 15 is 0 Å². The van der Waals surface area contributed by atoms with E-state index < -0.39 is 109 Å². The first-order chi connectivity index (χ1) is 19.2. The first-order valence-electron chi connectivity index (χ1n) is 13.0. The molecule has 230 valence electrons. The number of carbonyl (C=O) groups excluding carboxylic acids is 5. The average molecular weight is 609 g/mol. The number of carbonyl (C=O) groups is 5. The number of aliphatic hydroxyl groups is 1. The van der Waals surface area contributed by atoms with Crippen LogP contribution in [0.15, 0.2) is 0 Å². The Labute approximate surface area is 239 Å². The molecule has 41 heavy (non-hydrogen) atoms. The van der Waals surface area contributed by atoms with E-state index in [4.69, 9.17) is 54.2 Å². The third-order valence-electron chi connectivity index (χ3n) is 7.29. The maximum atomic E-state index is 12.1. The van der Waals surface area contributed by atoms with Crippen molar-refractivity contribution >= 4 is 41.4 Å². The molecule has 16 heteroatoms. The van der Waals surface area contributed by atoms with Crippen molar-refractivity contribution in [1.29, 1.82) is 0 Å². The summed E-state index contributed by atoms with van der Waals surface area (Å²) in [4.78, 5) is 59.6. The molecule has 4 saturated heterocycles. The monoisotopic (exact) mass is 608 g/mol. The average Bonchev–Trinajstić information content (AvgIpc) is 2.96. The van der Waals surface area contributed by atoms with Gasteiger partial charge in [-0.05, 0) is 0 Å². The first kappa shape index (κ1) is 31.4. The van der Waals surface area contributed by atoms with E-state index in [9.17, 15) is 29.1 Å². The van der Waals surface area contributed by atoms with Crippen LogP contribution in [0.25, 0.3) is 0 Å². The standard InChI is InChI=1S/C25H33ClO15/c1-9(27)33-7-15-19(36-11(3)29)20(37-12(4)30)21(38-13(5)31)24(39-15)41-23-17-14-6-16(40-23)34-8-25(17,32)22(26)18(14)35-10(2)28/h14-24,32H,6-8H2,1-5H3/t14-,15-,16-,17+,18+,19-,20+,21-,22-,23+,24+,25-/m1/s1. The Morgan fingerprint density at radius 1 is 0.780 bits per heavy atom. The molecule has 15 nitrogen and oxygen atoms in total. The fourth-order valence-electron chi connectivity index (χ4n) is 5.89. The van der Waals surface area contributed by atoms with Crippen molar-refractivity contribution in [3.8, 4) is 0 Å². The van der Waals surface area contributed by atoms with Crippen LogP contribution >= 0.6 is 11.6 Å². The molecule has 1 saturated carbocycles. The lowest BCUT2D eigenvalue weighted by Gasteiger charge is -2.46. The summed E-state index contributed by atoms with van der Waals surface area (Å²) in [7, 11) is 0. The highest BCUT2D eigenvalue weighted by Crippen LogP contribution is 2.55. The van der Waals surface area contributed by atoms with Crippen molar-refractivity contribution in [3.05, 3.63) is 0 Å². The Kier molecular flexibility index (Phi) is 9.45. The molecule has 0 unspecified atom stereocenters. The zero-order chi connectivity index (χ0) is 30.2.